The van der Waals surface area contributed by atoms with E-state index in [1.165, 1.54) is 0 Å². The number of carbonyl (C=O) groups excluding carboxylic acids is 1. The van der Waals surface area contributed by atoms with E-state index in [1.54, 1.807) is 6.92 Å². The molecule has 0 heterocycles. The summed E-state index contributed by atoms with van der Waals surface area (Å²) in [4.78, 5) is 11.7. The van der Waals surface area contributed by atoms with Crippen molar-refractivity contribution >= 4 is 5.97 Å². The molecule has 3 heteroatoms. The lowest BCUT2D eigenvalue weighted by atomic mass is 9.81. The first-order valence-corrected chi connectivity index (χ1v) is 6.48. The molecule has 18 heavy (non-hydrogen) atoms. The van der Waals surface area contributed by atoms with Gasteiger partial charge < -0.3 is 10.5 Å². The topological polar surface area (TPSA) is 52.3 Å². The van der Waals surface area contributed by atoms with Crippen molar-refractivity contribution in [2.45, 2.75) is 39.2 Å². The van der Waals surface area contributed by atoms with Gasteiger partial charge in [0.25, 0.3) is 0 Å². The molecular formula is C15H23NO2. The third-order valence-electron chi connectivity index (χ3n) is 2.89. The predicted octanol–water partition coefficient (Wildman–Crippen LogP) is 2.84. The molecular weight excluding hydrogens is 226 g/mol. The van der Waals surface area contributed by atoms with Gasteiger partial charge in [0.05, 0.1) is 18.6 Å². The molecule has 0 amide bonds. The van der Waals surface area contributed by atoms with Crippen LogP contribution in [0.1, 0.15) is 39.2 Å². The molecule has 0 radical (unpaired) electrons. The molecule has 0 saturated heterocycles. The van der Waals surface area contributed by atoms with Crippen molar-refractivity contribution < 1.29 is 9.53 Å². The van der Waals surface area contributed by atoms with Crippen LogP contribution in [-0.2, 0) is 15.1 Å². The second kappa shape index (κ2) is 6.55. The second-order valence-electron chi connectivity index (χ2n) is 5.10. The summed E-state index contributed by atoms with van der Waals surface area (Å²) in [6, 6.07) is 9.79. The standard InChI is InChI=1S/C15H23NO2/c1-4-18-14(17)11-15(16,10-12(2)3)13-8-6-5-7-9-13/h5-9,12H,4,10-11,16H2,1-3H3. The average Bonchev–Trinajstić information content (AvgIpc) is 2.29. The van der Waals surface area contributed by atoms with Crippen LogP contribution in [0.25, 0.3) is 0 Å². The number of nitrogens with two attached hydrogens (primary N) is 1. The maximum atomic E-state index is 11.7. The number of rotatable bonds is 6. The Balaban J connectivity index is 2.92. The lowest BCUT2D eigenvalue weighted by molar-refractivity contribution is -0.144. The zero-order valence-electron chi connectivity index (χ0n) is 11.5. The molecule has 2 N–H and O–H groups in total. The molecule has 1 atom stereocenters. The first-order valence-electron chi connectivity index (χ1n) is 6.48. The third-order valence-corrected chi connectivity index (χ3v) is 2.89. The van der Waals surface area contributed by atoms with Gasteiger partial charge in [0.1, 0.15) is 0 Å². The van der Waals surface area contributed by atoms with Crippen molar-refractivity contribution in [3.05, 3.63) is 35.9 Å². The van der Waals surface area contributed by atoms with Gasteiger partial charge in [-0.05, 0) is 24.8 Å². The van der Waals surface area contributed by atoms with Gasteiger partial charge in [-0.15, -0.1) is 0 Å². The third kappa shape index (κ3) is 4.15. The Morgan fingerprint density at radius 1 is 1.33 bits per heavy atom. The van der Waals surface area contributed by atoms with Gasteiger partial charge in [-0.1, -0.05) is 44.2 Å². The molecule has 0 aromatic heterocycles. The SMILES string of the molecule is CCOC(=O)CC(N)(CC(C)C)c1ccccc1. The highest BCUT2D eigenvalue weighted by Gasteiger charge is 2.31. The fourth-order valence-electron chi connectivity index (χ4n) is 2.26. The first kappa shape index (κ1) is 14.7. The molecule has 3 nitrogen and oxygen atoms in total. The van der Waals surface area contributed by atoms with Crippen molar-refractivity contribution in [2.75, 3.05) is 6.61 Å². The summed E-state index contributed by atoms with van der Waals surface area (Å²) in [6.07, 6.45) is 0.985. The molecule has 0 aliphatic rings. The van der Waals surface area contributed by atoms with E-state index >= 15 is 0 Å². The van der Waals surface area contributed by atoms with Gasteiger partial charge >= 0.3 is 5.97 Å². The lowest BCUT2D eigenvalue weighted by Gasteiger charge is -2.31. The van der Waals surface area contributed by atoms with E-state index in [-0.39, 0.29) is 12.4 Å². The minimum absolute atomic E-state index is 0.225. The fraction of sp³-hybridized carbons (Fsp3) is 0.533. The van der Waals surface area contributed by atoms with E-state index in [4.69, 9.17) is 10.5 Å². The van der Waals surface area contributed by atoms with E-state index in [1.807, 2.05) is 30.3 Å². The quantitative estimate of drug-likeness (QED) is 0.789. The zero-order chi connectivity index (χ0) is 13.6. The highest BCUT2D eigenvalue weighted by Crippen LogP contribution is 2.29. The number of benzene rings is 1. The minimum atomic E-state index is -0.637. The second-order valence-corrected chi connectivity index (χ2v) is 5.10. The number of carbonyl (C=O) groups is 1. The number of hydrogen-bond donors (Lipinski definition) is 1. The molecule has 1 aromatic carbocycles. The Bertz CT molecular complexity index is 375. The normalized spacial score (nSPS) is 14.3. The molecule has 0 bridgehead atoms. The zero-order valence-corrected chi connectivity index (χ0v) is 11.5. The molecule has 1 aromatic rings. The van der Waals surface area contributed by atoms with E-state index in [0.717, 1.165) is 12.0 Å². The van der Waals surface area contributed by atoms with Gasteiger partial charge in [0, 0.05) is 0 Å². The van der Waals surface area contributed by atoms with Gasteiger partial charge in [0.15, 0.2) is 0 Å². The Hall–Kier alpha value is -1.35. The maximum absolute atomic E-state index is 11.7. The maximum Gasteiger partial charge on any atom is 0.307 e. The predicted molar refractivity (Wildman–Crippen MR) is 73.0 cm³/mol. The van der Waals surface area contributed by atoms with Crippen molar-refractivity contribution in [3.8, 4) is 0 Å². The largest absolute Gasteiger partial charge is 0.466 e. The van der Waals surface area contributed by atoms with Crippen molar-refractivity contribution in [1.82, 2.24) is 0 Å². The van der Waals surface area contributed by atoms with Crippen LogP contribution in [0.2, 0.25) is 0 Å². The molecule has 0 fully saturated rings. The Labute approximate surface area is 109 Å². The monoisotopic (exact) mass is 249 g/mol. The van der Waals surface area contributed by atoms with Crippen molar-refractivity contribution in [2.24, 2.45) is 11.7 Å². The van der Waals surface area contributed by atoms with Crippen LogP contribution in [0.5, 0.6) is 0 Å². The molecule has 1 rings (SSSR count). The molecule has 0 saturated carbocycles. The fourth-order valence-corrected chi connectivity index (χ4v) is 2.26. The van der Waals surface area contributed by atoms with Crippen LogP contribution >= 0.6 is 0 Å². The van der Waals surface area contributed by atoms with Crippen LogP contribution < -0.4 is 5.73 Å². The summed E-state index contributed by atoms with van der Waals surface area (Å²) in [7, 11) is 0. The number of hydrogen-bond acceptors (Lipinski definition) is 3. The van der Waals surface area contributed by atoms with E-state index in [9.17, 15) is 4.79 Å². The summed E-state index contributed by atoms with van der Waals surface area (Å²) in [5.74, 6) is 0.189. The van der Waals surface area contributed by atoms with Crippen LogP contribution in [-0.4, -0.2) is 12.6 Å². The lowest BCUT2D eigenvalue weighted by Crippen LogP contribution is -2.40. The van der Waals surface area contributed by atoms with Gasteiger partial charge in [-0.2, -0.15) is 0 Å². The first-order chi connectivity index (χ1) is 8.48. The summed E-state index contributed by atoms with van der Waals surface area (Å²) in [5.41, 5.74) is 6.81. The number of ether oxygens (including phenoxy) is 1. The van der Waals surface area contributed by atoms with E-state index < -0.39 is 5.54 Å². The van der Waals surface area contributed by atoms with Gasteiger partial charge in [-0.3, -0.25) is 4.79 Å². The Morgan fingerprint density at radius 2 is 1.94 bits per heavy atom. The molecule has 0 aliphatic heterocycles. The van der Waals surface area contributed by atoms with Crippen LogP contribution in [0.4, 0.5) is 0 Å². The molecule has 0 aliphatic carbocycles. The highest BCUT2D eigenvalue weighted by molar-refractivity contribution is 5.71. The van der Waals surface area contributed by atoms with Gasteiger partial charge in [0.2, 0.25) is 0 Å². The molecule has 0 spiro atoms. The smallest absolute Gasteiger partial charge is 0.307 e. The average molecular weight is 249 g/mol. The summed E-state index contributed by atoms with van der Waals surface area (Å²) in [6.45, 7) is 6.41. The van der Waals surface area contributed by atoms with E-state index in [0.29, 0.717) is 12.5 Å². The van der Waals surface area contributed by atoms with Crippen LogP contribution in [0.3, 0.4) is 0 Å². The Morgan fingerprint density at radius 3 is 2.44 bits per heavy atom. The summed E-state index contributed by atoms with van der Waals surface area (Å²) >= 11 is 0. The molecule has 1 unspecified atom stereocenters. The summed E-state index contributed by atoms with van der Waals surface area (Å²) < 4.78 is 5.02. The molecule has 100 valence electrons. The van der Waals surface area contributed by atoms with Crippen molar-refractivity contribution in [1.29, 1.82) is 0 Å². The Kier molecular flexibility index (Phi) is 5.35. The van der Waals surface area contributed by atoms with Crippen LogP contribution in [0, 0.1) is 5.92 Å². The van der Waals surface area contributed by atoms with Gasteiger partial charge in [-0.25, -0.2) is 0 Å². The van der Waals surface area contributed by atoms with Crippen LogP contribution in [0.15, 0.2) is 30.3 Å². The minimum Gasteiger partial charge on any atom is -0.466 e. The number of esters is 1. The summed E-state index contributed by atoms with van der Waals surface area (Å²) in [5, 5.41) is 0. The van der Waals surface area contributed by atoms with E-state index in [2.05, 4.69) is 13.8 Å². The highest BCUT2D eigenvalue weighted by atomic mass is 16.5. The van der Waals surface area contributed by atoms with Crippen molar-refractivity contribution in [3.63, 3.8) is 0 Å².